The van der Waals surface area contributed by atoms with Crippen LogP contribution in [0, 0.1) is 11.8 Å². The van der Waals surface area contributed by atoms with E-state index in [4.69, 9.17) is 4.74 Å². The molecule has 0 bridgehead atoms. The maximum absolute atomic E-state index is 10.7. The molecular formula is C13H16O2. The van der Waals surface area contributed by atoms with Crippen molar-refractivity contribution in [3.05, 3.63) is 29.8 Å². The smallest absolute Gasteiger partial charge is 0.153 e. The number of aldehydes is 1. The molecule has 1 saturated carbocycles. The topological polar surface area (TPSA) is 26.3 Å². The summed E-state index contributed by atoms with van der Waals surface area (Å²) in [6.45, 7) is 3.00. The second kappa shape index (κ2) is 4.47. The lowest BCUT2D eigenvalue weighted by Crippen LogP contribution is -2.28. The van der Waals surface area contributed by atoms with Gasteiger partial charge < -0.3 is 4.74 Å². The lowest BCUT2D eigenvalue weighted by atomic mass is 9.75. The van der Waals surface area contributed by atoms with Crippen molar-refractivity contribution in [2.75, 3.05) is 6.61 Å². The molecule has 0 amide bonds. The van der Waals surface area contributed by atoms with Crippen LogP contribution < -0.4 is 4.74 Å². The number of hydrogen-bond acceptors (Lipinski definition) is 2. The molecule has 2 heteroatoms. The molecule has 2 atom stereocenters. The Bertz CT molecular complexity index is 346. The molecule has 0 radical (unpaired) electrons. The summed E-state index contributed by atoms with van der Waals surface area (Å²) < 4.78 is 5.67. The second-order valence-electron chi connectivity index (χ2n) is 4.28. The summed E-state index contributed by atoms with van der Waals surface area (Å²) in [5.74, 6) is 2.16. The number of carbonyl (C=O) groups is 1. The molecule has 15 heavy (non-hydrogen) atoms. The van der Waals surface area contributed by atoms with Gasteiger partial charge >= 0.3 is 0 Å². The van der Waals surface area contributed by atoms with Gasteiger partial charge in [0, 0.05) is 0 Å². The zero-order valence-corrected chi connectivity index (χ0v) is 8.98. The van der Waals surface area contributed by atoms with Crippen LogP contribution in [0.4, 0.5) is 0 Å². The fraction of sp³-hybridized carbons (Fsp3) is 0.462. The Morgan fingerprint density at radius 3 is 2.80 bits per heavy atom. The predicted molar refractivity (Wildman–Crippen MR) is 59.2 cm³/mol. The first-order chi connectivity index (χ1) is 7.31. The van der Waals surface area contributed by atoms with Crippen molar-refractivity contribution in [3.63, 3.8) is 0 Å². The Kier molecular flexibility index (Phi) is 3.05. The van der Waals surface area contributed by atoms with Crippen LogP contribution in [-0.2, 0) is 0 Å². The zero-order valence-electron chi connectivity index (χ0n) is 8.98. The Hall–Kier alpha value is -1.31. The van der Waals surface area contributed by atoms with Crippen LogP contribution in [-0.4, -0.2) is 12.9 Å². The first-order valence-corrected chi connectivity index (χ1v) is 5.48. The molecule has 80 valence electrons. The maximum atomic E-state index is 10.7. The molecule has 1 aromatic carbocycles. The summed E-state index contributed by atoms with van der Waals surface area (Å²) in [5, 5.41) is 0. The first-order valence-electron chi connectivity index (χ1n) is 5.48. The Labute approximate surface area is 90.3 Å². The van der Waals surface area contributed by atoms with Gasteiger partial charge in [0.2, 0.25) is 0 Å². The van der Waals surface area contributed by atoms with Gasteiger partial charge in [0.05, 0.1) is 12.2 Å². The van der Waals surface area contributed by atoms with E-state index in [9.17, 15) is 4.79 Å². The van der Waals surface area contributed by atoms with Gasteiger partial charge in [-0.2, -0.15) is 0 Å². The van der Waals surface area contributed by atoms with Crippen molar-refractivity contribution < 1.29 is 9.53 Å². The minimum absolute atomic E-state index is 0.643. The second-order valence-corrected chi connectivity index (χ2v) is 4.28. The molecule has 2 rings (SSSR count). The molecule has 1 aliphatic rings. The maximum Gasteiger partial charge on any atom is 0.153 e. The number of hydrogen-bond donors (Lipinski definition) is 0. The van der Waals surface area contributed by atoms with Crippen LogP contribution in [0.25, 0.3) is 0 Å². The van der Waals surface area contributed by atoms with Gasteiger partial charge in [0.15, 0.2) is 6.29 Å². The third-order valence-electron chi connectivity index (χ3n) is 3.30. The summed E-state index contributed by atoms with van der Waals surface area (Å²) in [4.78, 5) is 10.7. The van der Waals surface area contributed by atoms with Crippen molar-refractivity contribution in [3.8, 4) is 5.75 Å². The van der Waals surface area contributed by atoms with Crippen LogP contribution in [0.5, 0.6) is 5.75 Å². The summed E-state index contributed by atoms with van der Waals surface area (Å²) in [6.07, 6.45) is 3.41. The number of benzene rings is 1. The van der Waals surface area contributed by atoms with Crippen LogP contribution in [0.2, 0.25) is 0 Å². The summed E-state index contributed by atoms with van der Waals surface area (Å²) >= 11 is 0. The normalized spacial score (nSPS) is 24.3. The third kappa shape index (κ3) is 2.20. The summed E-state index contributed by atoms with van der Waals surface area (Å²) in [6, 6.07) is 7.38. The molecule has 2 nitrogen and oxygen atoms in total. The van der Waals surface area contributed by atoms with E-state index in [0.717, 1.165) is 18.8 Å². The van der Waals surface area contributed by atoms with Gasteiger partial charge in [-0.3, -0.25) is 4.79 Å². The standard InChI is InChI=1S/C13H16O2/c1-10-6-7-12(10)9-15-13-5-3-2-4-11(13)8-14/h2-5,8,10,12H,6-7,9H2,1H3/t10-,12+/m0/s1. The minimum Gasteiger partial charge on any atom is -0.493 e. The van der Waals surface area contributed by atoms with Crippen molar-refractivity contribution in [1.82, 2.24) is 0 Å². The van der Waals surface area contributed by atoms with Gasteiger partial charge in [-0.15, -0.1) is 0 Å². The fourth-order valence-corrected chi connectivity index (χ4v) is 1.89. The molecule has 0 heterocycles. The number of carbonyl (C=O) groups excluding carboxylic acids is 1. The highest BCUT2D eigenvalue weighted by Crippen LogP contribution is 2.34. The minimum atomic E-state index is 0.643. The van der Waals surface area contributed by atoms with Crippen LogP contribution in [0.1, 0.15) is 30.1 Å². The SMILES string of the molecule is C[C@H]1CC[C@@H]1COc1ccccc1C=O. The molecule has 0 unspecified atom stereocenters. The van der Waals surface area contributed by atoms with Crippen LogP contribution >= 0.6 is 0 Å². The zero-order chi connectivity index (χ0) is 10.7. The van der Waals surface area contributed by atoms with Crippen molar-refractivity contribution in [2.45, 2.75) is 19.8 Å². The molecule has 1 fully saturated rings. The number of rotatable bonds is 4. The number of para-hydroxylation sites is 1. The van der Waals surface area contributed by atoms with Crippen LogP contribution in [0.15, 0.2) is 24.3 Å². The van der Waals surface area contributed by atoms with Crippen molar-refractivity contribution in [2.24, 2.45) is 11.8 Å². The van der Waals surface area contributed by atoms with Gasteiger partial charge in [-0.25, -0.2) is 0 Å². The molecule has 0 aliphatic heterocycles. The molecular weight excluding hydrogens is 188 g/mol. The van der Waals surface area contributed by atoms with E-state index in [0.29, 0.717) is 17.2 Å². The Morgan fingerprint density at radius 2 is 2.20 bits per heavy atom. The Balaban J connectivity index is 1.95. The average Bonchev–Trinajstić information content (AvgIpc) is 2.28. The first kappa shape index (κ1) is 10.2. The highest BCUT2D eigenvalue weighted by molar-refractivity contribution is 5.79. The van der Waals surface area contributed by atoms with E-state index in [-0.39, 0.29) is 0 Å². The monoisotopic (exact) mass is 204 g/mol. The lowest BCUT2D eigenvalue weighted by molar-refractivity contribution is 0.108. The van der Waals surface area contributed by atoms with E-state index in [2.05, 4.69) is 6.92 Å². The van der Waals surface area contributed by atoms with Gasteiger partial charge in [0.1, 0.15) is 5.75 Å². The van der Waals surface area contributed by atoms with E-state index < -0.39 is 0 Å². The quantitative estimate of drug-likeness (QED) is 0.705. The summed E-state index contributed by atoms with van der Waals surface area (Å²) in [7, 11) is 0. The van der Waals surface area contributed by atoms with Gasteiger partial charge in [-0.05, 0) is 36.8 Å². The highest BCUT2D eigenvalue weighted by atomic mass is 16.5. The molecule has 0 aromatic heterocycles. The van der Waals surface area contributed by atoms with E-state index in [1.54, 1.807) is 6.07 Å². The predicted octanol–water partition coefficient (Wildman–Crippen LogP) is 2.92. The van der Waals surface area contributed by atoms with Crippen LogP contribution in [0.3, 0.4) is 0 Å². The van der Waals surface area contributed by atoms with E-state index in [1.165, 1.54) is 12.8 Å². The number of ether oxygens (including phenoxy) is 1. The van der Waals surface area contributed by atoms with E-state index >= 15 is 0 Å². The lowest BCUT2D eigenvalue weighted by Gasteiger charge is -2.33. The fourth-order valence-electron chi connectivity index (χ4n) is 1.89. The highest BCUT2D eigenvalue weighted by Gasteiger charge is 2.27. The average molecular weight is 204 g/mol. The van der Waals surface area contributed by atoms with Crippen molar-refractivity contribution in [1.29, 1.82) is 0 Å². The van der Waals surface area contributed by atoms with Gasteiger partial charge in [-0.1, -0.05) is 19.1 Å². The molecule has 0 saturated heterocycles. The molecule has 1 aliphatic carbocycles. The molecule has 0 spiro atoms. The van der Waals surface area contributed by atoms with E-state index in [1.807, 2.05) is 18.2 Å². The summed E-state index contributed by atoms with van der Waals surface area (Å²) in [5.41, 5.74) is 0.643. The Morgan fingerprint density at radius 1 is 1.40 bits per heavy atom. The largest absolute Gasteiger partial charge is 0.493 e. The molecule has 1 aromatic rings. The third-order valence-corrected chi connectivity index (χ3v) is 3.30. The van der Waals surface area contributed by atoms with Crippen molar-refractivity contribution >= 4 is 6.29 Å². The molecule has 0 N–H and O–H groups in total. The van der Waals surface area contributed by atoms with Gasteiger partial charge in [0.25, 0.3) is 0 Å².